The van der Waals surface area contributed by atoms with Crippen LogP contribution in [0.3, 0.4) is 0 Å². The van der Waals surface area contributed by atoms with Crippen LogP contribution in [0.4, 0.5) is 10.5 Å². The molecule has 1 fully saturated rings. The summed E-state index contributed by atoms with van der Waals surface area (Å²) in [6, 6.07) is 6.30. The number of rotatable bonds is 2. The second-order valence-electron chi connectivity index (χ2n) is 5.01. The molecule has 18 heavy (non-hydrogen) atoms. The Labute approximate surface area is 107 Å². The maximum atomic E-state index is 11.8. The Balaban J connectivity index is 1.86. The number of hydrogen-bond acceptors (Lipinski definition) is 3. The topological polar surface area (TPSA) is 55.6 Å². The highest BCUT2D eigenvalue weighted by atomic mass is 16.6. The Morgan fingerprint density at radius 3 is 2.78 bits per heavy atom. The highest BCUT2D eigenvalue weighted by molar-refractivity contribution is 5.89. The van der Waals surface area contributed by atoms with Crippen molar-refractivity contribution < 1.29 is 9.53 Å². The third kappa shape index (κ3) is 1.97. The van der Waals surface area contributed by atoms with Crippen molar-refractivity contribution in [2.75, 3.05) is 18.0 Å². The summed E-state index contributed by atoms with van der Waals surface area (Å²) in [5, 5.41) is 0. The number of ether oxygens (including phenoxy) is 1. The van der Waals surface area contributed by atoms with E-state index in [9.17, 15) is 4.79 Å². The molecule has 1 saturated heterocycles. The van der Waals surface area contributed by atoms with Gasteiger partial charge in [-0.1, -0.05) is 6.07 Å². The Morgan fingerprint density at radius 2 is 2.06 bits per heavy atom. The lowest BCUT2D eigenvalue weighted by molar-refractivity contribution is 0.145. The minimum atomic E-state index is -0.277. The first-order chi connectivity index (χ1) is 8.78. The van der Waals surface area contributed by atoms with Crippen LogP contribution in [-0.2, 0) is 17.6 Å². The predicted molar refractivity (Wildman–Crippen MR) is 69.8 cm³/mol. The summed E-state index contributed by atoms with van der Waals surface area (Å²) in [7, 11) is 0. The van der Waals surface area contributed by atoms with Gasteiger partial charge in [-0.05, 0) is 48.9 Å². The smallest absolute Gasteiger partial charge is 0.414 e. The number of aryl methyl sites for hydroxylation is 2. The van der Waals surface area contributed by atoms with Crippen molar-refractivity contribution in [2.24, 2.45) is 5.73 Å². The highest BCUT2D eigenvalue weighted by Crippen LogP contribution is 2.28. The molecule has 2 N–H and O–H groups in total. The van der Waals surface area contributed by atoms with Gasteiger partial charge >= 0.3 is 6.09 Å². The van der Waals surface area contributed by atoms with Crippen LogP contribution in [0, 0.1) is 0 Å². The van der Waals surface area contributed by atoms with Crippen molar-refractivity contribution in [2.45, 2.75) is 31.8 Å². The van der Waals surface area contributed by atoms with Crippen molar-refractivity contribution in [3.8, 4) is 0 Å². The van der Waals surface area contributed by atoms with Gasteiger partial charge < -0.3 is 10.5 Å². The van der Waals surface area contributed by atoms with Crippen molar-refractivity contribution >= 4 is 11.8 Å². The Morgan fingerprint density at radius 1 is 1.28 bits per heavy atom. The summed E-state index contributed by atoms with van der Waals surface area (Å²) in [6.07, 6.45) is 4.34. The fraction of sp³-hybridized carbons (Fsp3) is 0.500. The molecule has 0 aromatic heterocycles. The first kappa shape index (κ1) is 11.5. The SMILES string of the molecule is NCC1CN(c2ccc3c(c2)CCCC3)C(=O)O1. The Bertz CT molecular complexity index is 473. The molecule has 0 bridgehead atoms. The van der Waals surface area contributed by atoms with Crippen LogP contribution in [0.15, 0.2) is 18.2 Å². The average molecular weight is 246 g/mol. The van der Waals surface area contributed by atoms with Crippen LogP contribution in [0.5, 0.6) is 0 Å². The van der Waals surface area contributed by atoms with E-state index in [0.717, 1.165) is 18.5 Å². The van der Waals surface area contributed by atoms with E-state index in [2.05, 4.69) is 12.1 Å². The molecule has 3 rings (SSSR count). The van der Waals surface area contributed by atoms with Crippen molar-refractivity contribution in [1.82, 2.24) is 0 Å². The fourth-order valence-corrected chi connectivity index (χ4v) is 2.74. The van der Waals surface area contributed by atoms with E-state index in [1.807, 2.05) is 6.07 Å². The van der Waals surface area contributed by atoms with E-state index >= 15 is 0 Å². The molecule has 4 heteroatoms. The number of fused-ring (bicyclic) bond motifs is 1. The molecule has 1 aromatic carbocycles. The third-order valence-corrected chi connectivity index (χ3v) is 3.78. The zero-order valence-corrected chi connectivity index (χ0v) is 10.4. The summed E-state index contributed by atoms with van der Waals surface area (Å²) >= 11 is 0. The molecule has 96 valence electrons. The van der Waals surface area contributed by atoms with Gasteiger partial charge in [0.2, 0.25) is 0 Å². The molecule has 0 saturated carbocycles. The first-order valence-corrected chi connectivity index (χ1v) is 6.58. The second-order valence-corrected chi connectivity index (χ2v) is 5.01. The number of hydrogen-bond donors (Lipinski definition) is 1. The van der Waals surface area contributed by atoms with Crippen molar-refractivity contribution in [3.05, 3.63) is 29.3 Å². The van der Waals surface area contributed by atoms with Crippen LogP contribution >= 0.6 is 0 Å². The van der Waals surface area contributed by atoms with Crippen molar-refractivity contribution in [1.29, 1.82) is 0 Å². The number of benzene rings is 1. The normalized spacial score (nSPS) is 22.8. The van der Waals surface area contributed by atoms with E-state index in [-0.39, 0.29) is 12.2 Å². The molecule has 2 aliphatic rings. The number of carbonyl (C=O) groups is 1. The third-order valence-electron chi connectivity index (χ3n) is 3.78. The second kappa shape index (κ2) is 4.61. The first-order valence-electron chi connectivity index (χ1n) is 6.58. The lowest BCUT2D eigenvalue weighted by atomic mass is 9.91. The average Bonchev–Trinajstić information content (AvgIpc) is 2.79. The highest BCUT2D eigenvalue weighted by Gasteiger charge is 2.31. The minimum absolute atomic E-state index is 0.173. The number of nitrogens with zero attached hydrogens (tertiary/aromatic N) is 1. The van der Waals surface area contributed by atoms with Gasteiger partial charge in [0, 0.05) is 12.2 Å². The van der Waals surface area contributed by atoms with Crippen LogP contribution < -0.4 is 10.6 Å². The lowest BCUT2D eigenvalue weighted by Gasteiger charge is -2.19. The summed E-state index contributed by atoms with van der Waals surface area (Å²) < 4.78 is 5.18. The molecule has 4 nitrogen and oxygen atoms in total. The van der Waals surface area contributed by atoms with Gasteiger partial charge in [0.1, 0.15) is 6.10 Å². The molecule has 1 amide bonds. The number of nitrogens with two attached hydrogens (primary N) is 1. The van der Waals surface area contributed by atoms with E-state index in [4.69, 9.17) is 10.5 Å². The fourth-order valence-electron chi connectivity index (χ4n) is 2.74. The number of cyclic esters (lactones) is 1. The van der Waals surface area contributed by atoms with E-state index in [1.54, 1.807) is 4.90 Å². The molecule has 1 unspecified atom stereocenters. The van der Waals surface area contributed by atoms with Gasteiger partial charge in [0.05, 0.1) is 6.54 Å². The van der Waals surface area contributed by atoms with E-state index in [1.165, 1.54) is 24.0 Å². The van der Waals surface area contributed by atoms with Gasteiger partial charge in [-0.3, -0.25) is 4.90 Å². The molecule has 1 atom stereocenters. The van der Waals surface area contributed by atoms with Gasteiger partial charge in [-0.2, -0.15) is 0 Å². The number of anilines is 1. The molecular weight excluding hydrogens is 228 g/mol. The Kier molecular flexibility index (Phi) is 2.96. The molecule has 1 aliphatic carbocycles. The summed E-state index contributed by atoms with van der Waals surface area (Å²) in [6.45, 7) is 0.946. The largest absolute Gasteiger partial charge is 0.443 e. The Hall–Kier alpha value is -1.55. The van der Waals surface area contributed by atoms with Crippen LogP contribution in [0.1, 0.15) is 24.0 Å². The van der Waals surface area contributed by atoms with Crippen molar-refractivity contribution in [3.63, 3.8) is 0 Å². The quantitative estimate of drug-likeness (QED) is 0.866. The van der Waals surface area contributed by atoms with Gasteiger partial charge in [0.15, 0.2) is 0 Å². The number of amides is 1. The van der Waals surface area contributed by atoms with Crippen LogP contribution in [0.2, 0.25) is 0 Å². The summed E-state index contributed by atoms with van der Waals surface area (Å²) in [5.74, 6) is 0. The molecule has 0 spiro atoms. The number of carbonyl (C=O) groups excluding carboxylic acids is 1. The van der Waals surface area contributed by atoms with Gasteiger partial charge in [-0.15, -0.1) is 0 Å². The van der Waals surface area contributed by atoms with Crippen LogP contribution in [-0.4, -0.2) is 25.3 Å². The van der Waals surface area contributed by atoms with E-state index in [0.29, 0.717) is 13.1 Å². The van der Waals surface area contributed by atoms with Crippen LogP contribution in [0.25, 0.3) is 0 Å². The van der Waals surface area contributed by atoms with Gasteiger partial charge in [0.25, 0.3) is 0 Å². The molecule has 1 heterocycles. The predicted octanol–water partition coefficient (Wildman–Crippen LogP) is 1.85. The van der Waals surface area contributed by atoms with E-state index < -0.39 is 0 Å². The lowest BCUT2D eigenvalue weighted by Crippen LogP contribution is -2.27. The zero-order valence-electron chi connectivity index (χ0n) is 10.4. The monoisotopic (exact) mass is 246 g/mol. The minimum Gasteiger partial charge on any atom is -0.443 e. The molecular formula is C14H18N2O2. The van der Waals surface area contributed by atoms with Gasteiger partial charge in [-0.25, -0.2) is 4.79 Å². The molecule has 1 aliphatic heterocycles. The zero-order chi connectivity index (χ0) is 12.5. The molecule has 1 aromatic rings. The molecule has 0 radical (unpaired) electrons. The summed E-state index contributed by atoms with van der Waals surface area (Å²) in [5.41, 5.74) is 9.29. The maximum absolute atomic E-state index is 11.8. The maximum Gasteiger partial charge on any atom is 0.414 e. The standard InChI is InChI=1S/C14H18N2O2/c15-8-13-9-16(14(17)18-13)12-6-5-10-3-1-2-4-11(10)7-12/h5-7,13H,1-4,8-9,15H2. The summed E-state index contributed by atoms with van der Waals surface area (Å²) in [4.78, 5) is 13.4.